The van der Waals surface area contributed by atoms with Crippen LogP contribution in [0.2, 0.25) is 0 Å². The van der Waals surface area contributed by atoms with Crippen molar-refractivity contribution < 1.29 is 19.0 Å². The third-order valence-corrected chi connectivity index (χ3v) is 5.61. The molecule has 2 aliphatic rings. The molecule has 25 heavy (non-hydrogen) atoms. The average molecular weight is 347 g/mol. The predicted octanol–water partition coefficient (Wildman–Crippen LogP) is 2.59. The first-order valence-electron chi connectivity index (χ1n) is 9.17. The van der Waals surface area contributed by atoms with Gasteiger partial charge in [-0.25, -0.2) is 0 Å². The molecule has 2 fully saturated rings. The number of methoxy groups -OCH3 is 2. The minimum Gasteiger partial charge on any atom is -0.496 e. The first-order chi connectivity index (χ1) is 12.1. The van der Waals surface area contributed by atoms with Gasteiger partial charge in [0.1, 0.15) is 5.75 Å². The number of rotatable bonds is 5. The zero-order valence-corrected chi connectivity index (χ0v) is 15.5. The minimum absolute atomic E-state index is 0.126. The van der Waals surface area contributed by atoms with Gasteiger partial charge in [-0.1, -0.05) is 18.6 Å². The Kier molecular flexibility index (Phi) is 5.97. The lowest BCUT2D eigenvalue weighted by molar-refractivity contribution is -0.143. The van der Waals surface area contributed by atoms with Crippen LogP contribution in [0.5, 0.6) is 5.75 Å². The summed E-state index contributed by atoms with van der Waals surface area (Å²) in [5.74, 6) is 1.38. The van der Waals surface area contributed by atoms with E-state index >= 15 is 0 Å². The molecule has 138 valence electrons. The second-order valence-electron chi connectivity index (χ2n) is 7.08. The van der Waals surface area contributed by atoms with Gasteiger partial charge in [-0.15, -0.1) is 0 Å². The average Bonchev–Trinajstić information content (AvgIpc) is 3.11. The van der Waals surface area contributed by atoms with Gasteiger partial charge in [0.05, 0.1) is 38.9 Å². The molecule has 0 N–H and O–H groups in total. The SMILES string of the molecule is COc1cc(CC(=O)N2CCOCC2C2CCCC2OC)ccc1C. The van der Waals surface area contributed by atoms with E-state index in [0.29, 0.717) is 32.1 Å². The van der Waals surface area contributed by atoms with Gasteiger partial charge in [-0.05, 0) is 37.0 Å². The Balaban J connectivity index is 1.72. The summed E-state index contributed by atoms with van der Waals surface area (Å²) in [5, 5.41) is 0. The molecule has 5 heteroatoms. The van der Waals surface area contributed by atoms with Crippen LogP contribution in [0.4, 0.5) is 0 Å². The summed E-state index contributed by atoms with van der Waals surface area (Å²) >= 11 is 0. The molecule has 0 bridgehead atoms. The minimum atomic E-state index is 0.126. The van der Waals surface area contributed by atoms with Crippen molar-refractivity contribution in [2.45, 2.75) is 44.8 Å². The highest BCUT2D eigenvalue weighted by molar-refractivity contribution is 5.79. The van der Waals surface area contributed by atoms with Crippen molar-refractivity contribution in [3.63, 3.8) is 0 Å². The van der Waals surface area contributed by atoms with Gasteiger partial charge < -0.3 is 19.1 Å². The normalized spacial score (nSPS) is 26.7. The van der Waals surface area contributed by atoms with Crippen LogP contribution in [0, 0.1) is 12.8 Å². The summed E-state index contributed by atoms with van der Waals surface area (Å²) in [6.45, 7) is 3.91. The van der Waals surface area contributed by atoms with E-state index in [1.54, 1.807) is 14.2 Å². The zero-order chi connectivity index (χ0) is 17.8. The first kappa shape index (κ1) is 18.2. The summed E-state index contributed by atoms with van der Waals surface area (Å²) in [4.78, 5) is 15.0. The van der Waals surface area contributed by atoms with Crippen LogP contribution in [0.25, 0.3) is 0 Å². The number of amides is 1. The van der Waals surface area contributed by atoms with Crippen molar-refractivity contribution in [3.8, 4) is 5.75 Å². The number of carbonyl (C=O) groups excluding carboxylic acids is 1. The van der Waals surface area contributed by atoms with E-state index in [-0.39, 0.29) is 18.1 Å². The highest BCUT2D eigenvalue weighted by atomic mass is 16.5. The number of nitrogens with zero attached hydrogens (tertiary/aromatic N) is 1. The van der Waals surface area contributed by atoms with Crippen LogP contribution in [0.15, 0.2) is 18.2 Å². The van der Waals surface area contributed by atoms with E-state index in [9.17, 15) is 4.79 Å². The highest BCUT2D eigenvalue weighted by Crippen LogP contribution is 2.34. The topological polar surface area (TPSA) is 48.0 Å². The molecule has 1 aromatic rings. The van der Waals surface area contributed by atoms with Crippen molar-refractivity contribution in [1.29, 1.82) is 0 Å². The van der Waals surface area contributed by atoms with Gasteiger partial charge in [0.25, 0.3) is 0 Å². The van der Waals surface area contributed by atoms with E-state index in [4.69, 9.17) is 14.2 Å². The molecule has 3 unspecified atom stereocenters. The third kappa shape index (κ3) is 3.98. The van der Waals surface area contributed by atoms with E-state index in [2.05, 4.69) is 0 Å². The molecule has 5 nitrogen and oxygen atoms in total. The van der Waals surface area contributed by atoms with Crippen molar-refractivity contribution in [1.82, 2.24) is 4.90 Å². The summed E-state index contributed by atoms with van der Waals surface area (Å²) in [6.07, 6.45) is 3.99. The molecule has 1 heterocycles. The van der Waals surface area contributed by atoms with Crippen LogP contribution in [-0.2, 0) is 20.7 Å². The van der Waals surface area contributed by atoms with Crippen LogP contribution >= 0.6 is 0 Å². The molecule has 0 spiro atoms. The fraction of sp³-hybridized carbons (Fsp3) is 0.650. The standard InChI is InChI=1S/C20H29NO4/c1-14-7-8-15(11-19(14)24-3)12-20(22)21-9-10-25-13-17(21)16-5-4-6-18(16)23-2/h7-8,11,16-18H,4-6,9-10,12-13H2,1-3H3. The molecular weight excluding hydrogens is 318 g/mol. The van der Waals surface area contributed by atoms with E-state index in [0.717, 1.165) is 36.1 Å². The number of morpholine rings is 1. The summed E-state index contributed by atoms with van der Waals surface area (Å²) in [7, 11) is 3.44. The molecule has 1 saturated heterocycles. The maximum absolute atomic E-state index is 13.0. The lowest BCUT2D eigenvalue weighted by Gasteiger charge is -2.40. The Hall–Kier alpha value is -1.59. The zero-order valence-electron chi connectivity index (χ0n) is 15.5. The van der Waals surface area contributed by atoms with Gasteiger partial charge >= 0.3 is 0 Å². The second kappa shape index (κ2) is 8.19. The Morgan fingerprint density at radius 3 is 2.92 bits per heavy atom. The monoisotopic (exact) mass is 347 g/mol. The summed E-state index contributed by atoms with van der Waals surface area (Å²) in [6, 6.07) is 6.12. The number of hydrogen-bond acceptors (Lipinski definition) is 4. The fourth-order valence-corrected chi connectivity index (χ4v) is 4.23. The number of aryl methyl sites for hydroxylation is 1. The lowest BCUT2D eigenvalue weighted by atomic mass is 9.93. The smallest absolute Gasteiger partial charge is 0.227 e. The van der Waals surface area contributed by atoms with Crippen molar-refractivity contribution >= 4 is 5.91 Å². The Bertz CT molecular complexity index is 603. The molecule has 1 aliphatic carbocycles. The molecule has 1 aliphatic heterocycles. The molecule has 0 radical (unpaired) electrons. The van der Waals surface area contributed by atoms with E-state index in [1.807, 2.05) is 30.0 Å². The fourth-order valence-electron chi connectivity index (χ4n) is 4.23. The van der Waals surface area contributed by atoms with Crippen LogP contribution in [0.3, 0.4) is 0 Å². The molecule has 3 rings (SSSR count). The van der Waals surface area contributed by atoms with E-state index < -0.39 is 0 Å². The number of ether oxygens (including phenoxy) is 3. The second-order valence-corrected chi connectivity index (χ2v) is 7.08. The summed E-state index contributed by atoms with van der Waals surface area (Å²) < 4.78 is 16.7. The number of hydrogen-bond donors (Lipinski definition) is 0. The van der Waals surface area contributed by atoms with Crippen LogP contribution in [0.1, 0.15) is 30.4 Å². The Morgan fingerprint density at radius 2 is 2.16 bits per heavy atom. The van der Waals surface area contributed by atoms with Crippen molar-refractivity contribution in [2.75, 3.05) is 34.0 Å². The van der Waals surface area contributed by atoms with Crippen LogP contribution < -0.4 is 4.74 Å². The Labute approximate surface area is 150 Å². The number of benzene rings is 1. The predicted molar refractivity (Wildman–Crippen MR) is 95.9 cm³/mol. The molecular formula is C20H29NO4. The summed E-state index contributed by atoms with van der Waals surface area (Å²) in [5.41, 5.74) is 2.07. The first-order valence-corrected chi connectivity index (χ1v) is 9.17. The number of carbonyl (C=O) groups is 1. The lowest BCUT2D eigenvalue weighted by Crippen LogP contribution is -2.54. The van der Waals surface area contributed by atoms with Crippen molar-refractivity contribution in [3.05, 3.63) is 29.3 Å². The third-order valence-electron chi connectivity index (χ3n) is 5.61. The van der Waals surface area contributed by atoms with Gasteiger partial charge in [-0.3, -0.25) is 4.79 Å². The highest BCUT2D eigenvalue weighted by Gasteiger charge is 2.40. The molecule has 1 aromatic carbocycles. The maximum Gasteiger partial charge on any atom is 0.227 e. The largest absolute Gasteiger partial charge is 0.496 e. The molecule has 1 amide bonds. The van der Waals surface area contributed by atoms with E-state index in [1.165, 1.54) is 0 Å². The molecule has 3 atom stereocenters. The van der Waals surface area contributed by atoms with Crippen molar-refractivity contribution in [2.24, 2.45) is 5.92 Å². The van der Waals surface area contributed by atoms with Gasteiger partial charge in [0.2, 0.25) is 5.91 Å². The van der Waals surface area contributed by atoms with Crippen LogP contribution in [-0.4, -0.2) is 56.9 Å². The maximum atomic E-state index is 13.0. The van der Waals surface area contributed by atoms with Gasteiger partial charge in [0, 0.05) is 19.6 Å². The Morgan fingerprint density at radius 1 is 1.32 bits per heavy atom. The molecule has 0 aromatic heterocycles. The van der Waals surface area contributed by atoms with Gasteiger partial charge in [-0.2, -0.15) is 0 Å². The quantitative estimate of drug-likeness (QED) is 0.821. The van der Waals surface area contributed by atoms with Gasteiger partial charge in [0.15, 0.2) is 0 Å². The molecule has 1 saturated carbocycles.